The fourth-order valence-corrected chi connectivity index (χ4v) is 3.65. The van der Waals surface area contributed by atoms with E-state index in [1.165, 1.54) is 0 Å². The molecule has 3 amide bonds. The van der Waals surface area contributed by atoms with Crippen LogP contribution in [0, 0.1) is 0 Å². The number of carbonyl (C=O) groups excluding carboxylic acids is 3. The van der Waals surface area contributed by atoms with Crippen LogP contribution in [0.1, 0.15) is 31.0 Å². The molecule has 8 heteroatoms. The van der Waals surface area contributed by atoms with E-state index in [0.29, 0.717) is 23.5 Å². The molecule has 164 valence electrons. The Morgan fingerprint density at radius 1 is 1.03 bits per heavy atom. The summed E-state index contributed by atoms with van der Waals surface area (Å²) in [7, 11) is 3.11. The molecule has 3 rings (SSSR count). The molecule has 0 radical (unpaired) electrons. The lowest BCUT2D eigenvalue weighted by Gasteiger charge is -2.22. The molecular weight excluding hydrogens is 398 g/mol. The van der Waals surface area contributed by atoms with Crippen LogP contribution >= 0.6 is 0 Å². The van der Waals surface area contributed by atoms with Crippen LogP contribution in [0.3, 0.4) is 0 Å². The monoisotopic (exact) mass is 425 g/mol. The Balaban J connectivity index is 1.59. The summed E-state index contributed by atoms with van der Waals surface area (Å²) < 4.78 is 10.5. The molecule has 0 fully saturated rings. The Labute approximate surface area is 181 Å². The van der Waals surface area contributed by atoms with Gasteiger partial charge >= 0.3 is 11.8 Å². The lowest BCUT2D eigenvalue weighted by Crippen LogP contribution is -2.45. The maximum Gasteiger partial charge on any atom is 0.310 e. The zero-order chi connectivity index (χ0) is 22.5. The highest BCUT2D eigenvalue weighted by Crippen LogP contribution is 2.36. The van der Waals surface area contributed by atoms with Crippen LogP contribution in [-0.4, -0.2) is 44.5 Å². The van der Waals surface area contributed by atoms with Gasteiger partial charge in [0.2, 0.25) is 0 Å². The van der Waals surface area contributed by atoms with Crippen molar-refractivity contribution in [2.45, 2.75) is 32.4 Å². The quantitative estimate of drug-likeness (QED) is 0.661. The number of para-hydroxylation sites is 1. The number of nitrogens with zero attached hydrogens (tertiary/aromatic N) is 1. The SMILES string of the molecule is COc1ccc(CCNC(=O)C(=O)N[C@@H]2C(=O)N(C(C)C)c3ccccc32)cc1OC. The van der Waals surface area contributed by atoms with E-state index in [-0.39, 0.29) is 18.5 Å². The molecule has 0 aliphatic carbocycles. The molecule has 0 bridgehead atoms. The van der Waals surface area contributed by atoms with Crippen molar-refractivity contribution in [1.29, 1.82) is 0 Å². The standard InChI is InChI=1S/C23H27N3O5/c1-14(2)26-17-8-6-5-7-16(17)20(23(26)29)25-22(28)21(27)24-12-11-15-9-10-18(30-3)19(13-15)31-4/h5-10,13-14,20H,11-12H2,1-4H3,(H,24,27)(H,25,28)/t20-/m0/s1. The number of benzene rings is 2. The highest BCUT2D eigenvalue weighted by Gasteiger charge is 2.39. The van der Waals surface area contributed by atoms with Crippen molar-refractivity contribution in [2.75, 3.05) is 25.7 Å². The zero-order valence-corrected chi connectivity index (χ0v) is 18.1. The third-order valence-electron chi connectivity index (χ3n) is 5.14. The topological polar surface area (TPSA) is 97.0 Å². The minimum atomic E-state index is -0.873. The second kappa shape index (κ2) is 9.51. The van der Waals surface area contributed by atoms with Crippen LogP contribution in [0.2, 0.25) is 0 Å². The average molecular weight is 425 g/mol. The second-order valence-corrected chi connectivity index (χ2v) is 7.46. The van der Waals surface area contributed by atoms with Crippen LogP contribution in [-0.2, 0) is 20.8 Å². The van der Waals surface area contributed by atoms with E-state index >= 15 is 0 Å². The third kappa shape index (κ3) is 4.63. The molecule has 0 spiro atoms. The Morgan fingerprint density at radius 2 is 1.74 bits per heavy atom. The maximum absolute atomic E-state index is 12.8. The van der Waals surface area contributed by atoms with E-state index in [1.54, 1.807) is 37.3 Å². The van der Waals surface area contributed by atoms with E-state index in [0.717, 1.165) is 11.3 Å². The van der Waals surface area contributed by atoms with Gasteiger partial charge in [-0.25, -0.2) is 0 Å². The first-order valence-electron chi connectivity index (χ1n) is 10.1. The predicted molar refractivity (Wildman–Crippen MR) is 116 cm³/mol. The minimum Gasteiger partial charge on any atom is -0.493 e. The molecule has 1 atom stereocenters. The zero-order valence-electron chi connectivity index (χ0n) is 18.1. The molecule has 2 aromatic carbocycles. The van der Waals surface area contributed by atoms with Gasteiger partial charge < -0.3 is 25.0 Å². The van der Waals surface area contributed by atoms with E-state index in [1.807, 2.05) is 38.1 Å². The van der Waals surface area contributed by atoms with Crippen LogP contribution in [0.5, 0.6) is 11.5 Å². The molecule has 1 heterocycles. The summed E-state index contributed by atoms with van der Waals surface area (Å²) in [5, 5.41) is 5.17. The highest BCUT2D eigenvalue weighted by atomic mass is 16.5. The number of ether oxygens (including phenoxy) is 2. The number of rotatable bonds is 7. The molecule has 2 aromatic rings. The summed E-state index contributed by atoms with van der Waals surface area (Å²) in [6, 6.07) is 11.8. The van der Waals surface area contributed by atoms with E-state index in [4.69, 9.17) is 9.47 Å². The third-order valence-corrected chi connectivity index (χ3v) is 5.14. The van der Waals surface area contributed by atoms with E-state index < -0.39 is 17.9 Å². The number of hydrogen-bond acceptors (Lipinski definition) is 5. The van der Waals surface area contributed by atoms with Gasteiger partial charge in [-0.2, -0.15) is 0 Å². The Kier molecular flexibility index (Phi) is 6.79. The summed E-state index contributed by atoms with van der Waals surface area (Å²) >= 11 is 0. The van der Waals surface area contributed by atoms with Gasteiger partial charge in [0.15, 0.2) is 11.5 Å². The number of anilines is 1. The Morgan fingerprint density at radius 3 is 2.42 bits per heavy atom. The van der Waals surface area contributed by atoms with Crippen molar-refractivity contribution in [3.63, 3.8) is 0 Å². The highest BCUT2D eigenvalue weighted by molar-refractivity contribution is 6.35. The second-order valence-electron chi connectivity index (χ2n) is 7.46. The van der Waals surface area contributed by atoms with Crippen LogP contribution in [0.15, 0.2) is 42.5 Å². The number of nitrogens with one attached hydrogen (secondary N) is 2. The van der Waals surface area contributed by atoms with Crippen molar-refractivity contribution in [1.82, 2.24) is 10.6 Å². The molecule has 0 saturated carbocycles. The largest absolute Gasteiger partial charge is 0.493 e. The van der Waals surface area contributed by atoms with Gasteiger partial charge in [-0.3, -0.25) is 14.4 Å². The van der Waals surface area contributed by atoms with Gasteiger partial charge in [0, 0.05) is 23.8 Å². The van der Waals surface area contributed by atoms with Crippen molar-refractivity contribution in [3.8, 4) is 11.5 Å². The predicted octanol–water partition coefficient (Wildman–Crippen LogP) is 1.98. The molecular formula is C23H27N3O5. The summed E-state index contributed by atoms with van der Waals surface area (Å²) in [4.78, 5) is 39.2. The molecule has 0 aromatic heterocycles. The van der Waals surface area contributed by atoms with Gasteiger partial charge in [-0.05, 0) is 44.0 Å². The first-order valence-corrected chi connectivity index (χ1v) is 10.1. The molecule has 0 unspecified atom stereocenters. The van der Waals surface area contributed by atoms with Crippen molar-refractivity contribution < 1.29 is 23.9 Å². The average Bonchev–Trinajstić information content (AvgIpc) is 3.04. The summed E-state index contributed by atoms with van der Waals surface area (Å²) in [6.07, 6.45) is 0.506. The number of amides is 3. The summed E-state index contributed by atoms with van der Waals surface area (Å²) in [5.41, 5.74) is 2.36. The van der Waals surface area contributed by atoms with Gasteiger partial charge in [-0.1, -0.05) is 24.3 Å². The minimum absolute atomic E-state index is 0.0640. The van der Waals surface area contributed by atoms with Crippen LogP contribution in [0.4, 0.5) is 5.69 Å². The summed E-state index contributed by atoms with van der Waals surface area (Å²) in [5.74, 6) is -0.661. The van der Waals surface area contributed by atoms with Crippen molar-refractivity contribution >= 4 is 23.4 Å². The first-order chi connectivity index (χ1) is 14.9. The fourth-order valence-electron chi connectivity index (χ4n) is 3.65. The molecule has 0 saturated heterocycles. The smallest absolute Gasteiger partial charge is 0.310 e. The molecule has 1 aliphatic rings. The molecule has 31 heavy (non-hydrogen) atoms. The molecule has 8 nitrogen and oxygen atoms in total. The number of fused-ring (bicyclic) bond motifs is 1. The first kappa shape index (κ1) is 22.1. The molecule has 1 aliphatic heterocycles. The van der Waals surface area contributed by atoms with Gasteiger partial charge in [0.05, 0.1) is 14.2 Å². The number of carbonyl (C=O) groups is 3. The Bertz CT molecular complexity index is 989. The lowest BCUT2D eigenvalue weighted by atomic mass is 10.1. The van der Waals surface area contributed by atoms with Crippen molar-refractivity contribution in [2.24, 2.45) is 0 Å². The fraction of sp³-hybridized carbons (Fsp3) is 0.348. The number of methoxy groups -OCH3 is 2. The Hall–Kier alpha value is -3.55. The normalized spacial score (nSPS) is 14.9. The van der Waals surface area contributed by atoms with Gasteiger partial charge in [0.25, 0.3) is 5.91 Å². The van der Waals surface area contributed by atoms with Gasteiger partial charge in [0.1, 0.15) is 6.04 Å². The van der Waals surface area contributed by atoms with E-state index in [2.05, 4.69) is 10.6 Å². The van der Waals surface area contributed by atoms with Crippen LogP contribution in [0.25, 0.3) is 0 Å². The maximum atomic E-state index is 12.8. The number of hydrogen-bond donors (Lipinski definition) is 2. The van der Waals surface area contributed by atoms with E-state index in [9.17, 15) is 14.4 Å². The lowest BCUT2D eigenvalue weighted by molar-refractivity contribution is -0.140. The molecule has 2 N–H and O–H groups in total. The summed E-state index contributed by atoms with van der Waals surface area (Å²) in [6.45, 7) is 4.06. The van der Waals surface area contributed by atoms with Gasteiger partial charge in [-0.15, -0.1) is 0 Å². The van der Waals surface area contributed by atoms with Crippen molar-refractivity contribution in [3.05, 3.63) is 53.6 Å². The van der Waals surface area contributed by atoms with Crippen LogP contribution < -0.4 is 25.0 Å².